The summed E-state index contributed by atoms with van der Waals surface area (Å²) in [5, 5.41) is 0. The Balaban J connectivity index is 1.60. The van der Waals surface area contributed by atoms with Crippen molar-refractivity contribution >= 4 is 21.8 Å². The Kier molecular flexibility index (Phi) is 6.11. The molecule has 0 saturated carbocycles. The van der Waals surface area contributed by atoms with E-state index in [0.717, 1.165) is 50.7 Å². The van der Waals surface area contributed by atoms with E-state index in [0.29, 0.717) is 18.7 Å². The minimum absolute atomic E-state index is 0.0267. The van der Waals surface area contributed by atoms with Gasteiger partial charge in [-0.25, -0.2) is 13.1 Å². The molecule has 1 atom stereocenters. The second kappa shape index (κ2) is 8.35. The number of aromatic nitrogens is 1. The molecule has 27 heavy (non-hydrogen) atoms. The van der Waals surface area contributed by atoms with Crippen molar-refractivity contribution in [3.63, 3.8) is 0 Å². The zero-order valence-corrected chi connectivity index (χ0v) is 16.4. The fraction of sp³-hybridized carbons (Fsp3) is 0.611. The Morgan fingerprint density at radius 2 is 1.85 bits per heavy atom. The maximum absolute atomic E-state index is 12.4. The van der Waals surface area contributed by atoms with Gasteiger partial charge in [0.15, 0.2) is 0 Å². The fourth-order valence-corrected chi connectivity index (χ4v) is 4.01. The number of likely N-dealkylation sites (tertiary alicyclic amines) is 2. The van der Waals surface area contributed by atoms with E-state index in [1.807, 2.05) is 17.0 Å². The summed E-state index contributed by atoms with van der Waals surface area (Å²) in [4.78, 5) is 32.7. The van der Waals surface area contributed by atoms with E-state index in [-0.39, 0.29) is 24.3 Å². The summed E-state index contributed by atoms with van der Waals surface area (Å²) < 4.78 is 24.6. The highest BCUT2D eigenvalue weighted by Crippen LogP contribution is 2.26. The van der Waals surface area contributed by atoms with Crippen LogP contribution in [0.1, 0.15) is 47.7 Å². The number of carbonyl (C=O) groups excluding carboxylic acids is 2. The first kappa shape index (κ1) is 19.8. The third kappa shape index (κ3) is 5.26. The molecule has 2 aliphatic heterocycles. The summed E-state index contributed by atoms with van der Waals surface area (Å²) in [6.07, 6.45) is 6.52. The maximum atomic E-state index is 12.4. The molecule has 3 heterocycles. The zero-order valence-electron chi connectivity index (χ0n) is 15.6. The predicted octanol–water partition coefficient (Wildman–Crippen LogP) is 0.573. The summed E-state index contributed by atoms with van der Waals surface area (Å²) in [5.41, 5.74) is 1.46. The molecule has 2 fully saturated rings. The third-order valence-corrected chi connectivity index (χ3v) is 5.77. The fourth-order valence-electron chi connectivity index (χ4n) is 3.63. The van der Waals surface area contributed by atoms with Crippen LogP contribution in [0.25, 0.3) is 0 Å². The van der Waals surface area contributed by atoms with Gasteiger partial charge in [-0.05, 0) is 37.8 Å². The molecular formula is C18H26N4O4S. The Bertz CT molecular complexity index is 788. The van der Waals surface area contributed by atoms with Gasteiger partial charge in [0.2, 0.25) is 15.9 Å². The molecule has 0 unspecified atom stereocenters. The first-order valence-corrected chi connectivity index (χ1v) is 11.2. The normalized spacial score (nSPS) is 20.7. The lowest BCUT2D eigenvalue weighted by Crippen LogP contribution is -2.44. The highest BCUT2D eigenvalue weighted by atomic mass is 32.2. The number of piperidine rings is 1. The van der Waals surface area contributed by atoms with E-state index < -0.39 is 10.0 Å². The Morgan fingerprint density at radius 1 is 1.15 bits per heavy atom. The number of nitrogens with one attached hydrogen (secondary N) is 1. The molecule has 0 aromatic carbocycles. The first-order valence-electron chi connectivity index (χ1n) is 9.31. The molecule has 2 saturated heterocycles. The van der Waals surface area contributed by atoms with Gasteiger partial charge in [0.25, 0.3) is 5.91 Å². The van der Waals surface area contributed by atoms with Gasteiger partial charge in [0.05, 0.1) is 18.4 Å². The summed E-state index contributed by atoms with van der Waals surface area (Å²) in [7, 11) is -3.39. The number of amides is 2. The van der Waals surface area contributed by atoms with Gasteiger partial charge in [-0.15, -0.1) is 0 Å². The zero-order chi connectivity index (χ0) is 19.4. The number of pyridine rings is 1. The van der Waals surface area contributed by atoms with Crippen molar-refractivity contribution in [3.8, 4) is 0 Å². The molecule has 2 amide bonds. The molecule has 9 heteroatoms. The van der Waals surface area contributed by atoms with Gasteiger partial charge in [0, 0.05) is 44.0 Å². The van der Waals surface area contributed by atoms with Gasteiger partial charge >= 0.3 is 0 Å². The third-order valence-electron chi connectivity index (χ3n) is 5.10. The number of hydrogen-bond acceptors (Lipinski definition) is 5. The van der Waals surface area contributed by atoms with Crippen molar-refractivity contribution in [1.82, 2.24) is 19.5 Å². The smallest absolute Gasteiger partial charge is 0.255 e. The number of carbonyl (C=O) groups is 2. The van der Waals surface area contributed by atoms with Crippen molar-refractivity contribution in [2.45, 2.75) is 31.6 Å². The summed E-state index contributed by atoms with van der Waals surface area (Å²) in [5.74, 6) is -0.110. The predicted molar refractivity (Wildman–Crippen MR) is 101 cm³/mol. The minimum Gasteiger partial charge on any atom is -0.341 e. The van der Waals surface area contributed by atoms with Gasteiger partial charge in [-0.1, -0.05) is 0 Å². The lowest BCUT2D eigenvalue weighted by Gasteiger charge is -2.32. The summed E-state index contributed by atoms with van der Waals surface area (Å²) in [6.45, 7) is 2.52. The summed E-state index contributed by atoms with van der Waals surface area (Å²) in [6, 6.07) is 3.69. The Morgan fingerprint density at radius 3 is 2.48 bits per heavy atom. The van der Waals surface area contributed by atoms with Gasteiger partial charge < -0.3 is 9.80 Å². The first-order chi connectivity index (χ1) is 12.8. The SMILES string of the molecule is CS(=O)(=O)NCC(=O)N1CCC[C@@H](c2ccc(C(=O)N3CCCC3)cn2)C1. The number of sulfonamides is 1. The molecule has 1 aromatic heterocycles. The van der Waals surface area contributed by atoms with E-state index in [9.17, 15) is 18.0 Å². The van der Waals surface area contributed by atoms with Crippen LogP contribution in [0, 0.1) is 0 Å². The van der Waals surface area contributed by atoms with E-state index >= 15 is 0 Å². The monoisotopic (exact) mass is 394 g/mol. The van der Waals surface area contributed by atoms with Crippen LogP contribution in [0.4, 0.5) is 0 Å². The molecule has 3 rings (SSSR count). The maximum Gasteiger partial charge on any atom is 0.255 e. The van der Waals surface area contributed by atoms with Crippen LogP contribution in [0.2, 0.25) is 0 Å². The van der Waals surface area contributed by atoms with Crippen LogP contribution in [-0.4, -0.2) is 74.0 Å². The lowest BCUT2D eigenvalue weighted by atomic mass is 9.94. The van der Waals surface area contributed by atoms with Gasteiger partial charge in [-0.3, -0.25) is 14.6 Å². The second-order valence-electron chi connectivity index (χ2n) is 7.24. The molecule has 0 spiro atoms. The lowest BCUT2D eigenvalue weighted by molar-refractivity contribution is -0.131. The molecule has 1 N–H and O–H groups in total. The molecule has 148 valence electrons. The van der Waals surface area contributed by atoms with E-state index in [1.165, 1.54) is 0 Å². The molecule has 0 radical (unpaired) electrons. The van der Waals surface area contributed by atoms with Crippen molar-refractivity contribution in [2.24, 2.45) is 0 Å². The summed E-state index contributed by atoms with van der Waals surface area (Å²) >= 11 is 0. The van der Waals surface area contributed by atoms with E-state index in [1.54, 1.807) is 11.1 Å². The molecule has 1 aromatic rings. The average Bonchev–Trinajstić information content (AvgIpc) is 3.20. The van der Waals surface area contributed by atoms with Crippen LogP contribution in [0.15, 0.2) is 18.3 Å². The number of hydrogen-bond donors (Lipinski definition) is 1. The standard InChI is InChI=1S/C18H26N4O4S/c1-27(25,26)20-12-17(23)22-10-4-5-15(13-22)16-7-6-14(11-19-16)18(24)21-8-2-3-9-21/h6-7,11,15,20H,2-5,8-10,12-13H2,1H3/t15-/m1/s1. The topological polar surface area (TPSA) is 99.7 Å². The Hall–Kier alpha value is -2.00. The van der Waals surface area contributed by atoms with Crippen molar-refractivity contribution in [1.29, 1.82) is 0 Å². The quantitative estimate of drug-likeness (QED) is 0.787. The molecule has 8 nitrogen and oxygen atoms in total. The molecule has 2 aliphatic rings. The molecule has 0 aliphatic carbocycles. The average molecular weight is 394 g/mol. The van der Waals surface area contributed by atoms with Crippen LogP contribution in [-0.2, 0) is 14.8 Å². The highest BCUT2D eigenvalue weighted by Gasteiger charge is 2.26. The van der Waals surface area contributed by atoms with E-state index in [4.69, 9.17) is 0 Å². The van der Waals surface area contributed by atoms with Crippen LogP contribution in [0.3, 0.4) is 0 Å². The van der Waals surface area contributed by atoms with Crippen molar-refractivity contribution < 1.29 is 18.0 Å². The minimum atomic E-state index is -3.39. The van der Waals surface area contributed by atoms with Crippen molar-refractivity contribution in [3.05, 3.63) is 29.6 Å². The highest BCUT2D eigenvalue weighted by molar-refractivity contribution is 7.88. The van der Waals surface area contributed by atoms with Gasteiger partial charge in [-0.2, -0.15) is 0 Å². The number of nitrogens with zero attached hydrogens (tertiary/aromatic N) is 3. The van der Waals surface area contributed by atoms with Gasteiger partial charge in [0.1, 0.15) is 0 Å². The number of rotatable bonds is 5. The van der Waals surface area contributed by atoms with Crippen molar-refractivity contribution in [2.75, 3.05) is 39.0 Å². The van der Waals surface area contributed by atoms with E-state index in [2.05, 4.69) is 9.71 Å². The van der Waals surface area contributed by atoms with Crippen LogP contribution in [0.5, 0.6) is 0 Å². The second-order valence-corrected chi connectivity index (χ2v) is 9.08. The molecular weight excluding hydrogens is 368 g/mol. The molecule has 0 bridgehead atoms. The van der Waals surface area contributed by atoms with Crippen LogP contribution >= 0.6 is 0 Å². The Labute approximate surface area is 160 Å². The van der Waals surface area contributed by atoms with Crippen LogP contribution < -0.4 is 4.72 Å². The largest absolute Gasteiger partial charge is 0.341 e.